The Morgan fingerprint density at radius 2 is 1.60 bits per heavy atom. The third-order valence-corrected chi connectivity index (χ3v) is 11.1. The molecule has 0 bridgehead atoms. The number of benzene rings is 2. The molecular weight excluding hydrogens is 552 g/mol. The van der Waals surface area contributed by atoms with Crippen molar-refractivity contribution in [2.24, 2.45) is 4.99 Å². The van der Waals surface area contributed by atoms with Gasteiger partial charge in [0.25, 0.3) is 0 Å². The van der Waals surface area contributed by atoms with Gasteiger partial charge in [0, 0.05) is 41.3 Å². The number of thiophene rings is 1. The fourth-order valence-corrected chi connectivity index (χ4v) is 8.43. The zero-order valence-corrected chi connectivity index (χ0v) is 26.6. The van der Waals surface area contributed by atoms with Crippen molar-refractivity contribution in [1.82, 2.24) is 19.7 Å². The molecule has 0 spiro atoms. The minimum absolute atomic E-state index is 0.0695. The first kappa shape index (κ1) is 28.4. The summed E-state index contributed by atoms with van der Waals surface area (Å²) in [7, 11) is 0. The van der Waals surface area contributed by atoms with E-state index in [4.69, 9.17) is 4.99 Å². The van der Waals surface area contributed by atoms with E-state index in [2.05, 4.69) is 99.9 Å². The molecule has 43 heavy (non-hydrogen) atoms. The molecule has 7 nitrogen and oxygen atoms in total. The predicted molar refractivity (Wildman–Crippen MR) is 175 cm³/mol. The Labute approximate surface area is 258 Å². The molecule has 224 valence electrons. The second-order valence-corrected chi connectivity index (χ2v) is 14.0. The van der Waals surface area contributed by atoms with Crippen LogP contribution in [-0.4, -0.2) is 68.8 Å². The van der Waals surface area contributed by atoms with Gasteiger partial charge in [0.1, 0.15) is 16.9 Å². The maximum atomic E-state index is 11.4. The minimum Gasteiger partial charge on any atom is -0.388 e. The lowest BCUT2D eigenvalue weighted by Crippen LogP contribution is -2.52. The van der Waals surface area contributed by atoms with Crippen LogP contribution in [0.25, 0.3) is 5.00 Å². The smallest absolute Gasteiger partial charge is 0.162 e. The van der Waals surface area contributed by atoms with E-state index in [0.717, 1.165) is 81.3 Å². The van der Waals surface area contributed by atoms with Crippen LogP contribution in [0.3, 0.4) is 0 Å². The standard InChI is InChI=1S/C35H42N6OS/c1-23-25(3)43-34-31(23)32(36-24(2)33-38-37-26(4)41(33)34)29-12-10-27(11-13-29)28-14-18-39(19-15-28)22-35(42)16-20-40(21-17-35)30-8-6-5-7-9-30/h5-13,24,28,42H,14-22H2,1-4H3/t24-/m0/s1. The summed E-state index contributed by atoms with van der Waals surface area (Å²) in [5.74, 6) is 2.37. The second kappa shape index (κ2) is 11.3. The van der Waals surface area contributed by atoms with Gasteiger partial charge in [-0.2, -0.15) is 0 Å². The normalized spacial score (nSPS) is 20.8. The van der Waals surface area contributed by atoms with Crippen molar-refractivity contribution in [3.05, 3.63) is 93.4 Å². The Morgan fingerprint density at radius 1 is 0.907 bits per heavy atom. The molecule has 4 aromatic rings. The molecule has 5 heterocycles. The van der Waals surface area contributed by atoms with E-state index in [1.165, 1.54) is 32.3 Å². The molecule has 1 N–H and O–H groups in total. The zero-order chi connectivity index (χ0) is 29.7. The fourth-order valence-electron chi connectivity index (χ4n) is 7.21. The number of piperidine rings is 2. The summed E-state index contributed by atoms with van der Waals surface area (Å²) < 4.78 is 2.20. The van der Waals surface area contributed by atoms with E-state index in [-0.39, 0.29) is 6.04 Å². The summed E-state index contributed by atoms with van der Waals surface area (Å²) in [4.78, 5) is 11.4. The van der Waals surface area contributed by atoms with Crippen molar-refractivity contribution in [2.45, 2.75) is 70.9 Å². The highest BCUT2D eigenvalue weighted by molar-refractivity contribution is 7.15. The Morgan fingerprint density at radius 3 is 2.30 bits per heavy atom. The van der Waals surface area contributed by atoms with Gasteiger partial charge in [-0.05, 0) is 95.6 Å². The van der Waals surface area contributed by atoms with E-state index < -0.39 is 5.60 Å². The van der Waals surface area contributed by atoms with Crippen LogP contribution in [0.5, 0.6) is 0 Å². The Hall–Kier alpha value is -3.33. The summed E-state index contributed by atoms with van der Waals surface area (Å²) in [6, 6.07) is 19.7. The highest BCUT2D eigenvalue weighted by Gasteiger charge is 2.35. The number of aromatic nitrogens is 3. The van der Waals surface area contributed by atoms with Crippen LogP contribution in [0.4, 0.5) is 5.69 Å². The molecule has 3 aliphatic heterocycles. The number of aliphatic hydroxyl groups is 1. The quantitative estimate of drug-likeness (QED) is 0.291. The average molecular weight is 595 g/mol. The van der Waals surface area contributed by atoms with Crippen LogP contribution in [-0.2, 0) is 0 Å². The molecule has 0 saturated carbocycles. The maximum absolute atomic E-state index is 11.4. The minimum atomic E-state index is -0.585. The van der Waals surface area contributed by atoms with Crippen molar-refractivity contribution in [1.29, 1.82) is 0 Å². The Balaban J connectivity index is 1.01. The molecule has 2 aromatic heterocycles. The number of aliphatic imine (C=N–C) groups is 1. The van der Waals surface area contributed by atoms with Crippen LogP contribution in [0.2, 0.25) is 0 Å². The average Bonchev–Trinajstić information content (AvgIpc) is 3.51. The second-order valence-electron chi connectivity index (χ2n) is 12.8. The van der Waals surface area contributed by atoms with E-state index in [0.29, 0.717) is 5.92 Å². The van der Waals surface area contributed by atoms with Crippen LogP contribution < -0.4 is 4.90 Å². The number of hydrogen-bond donors (Lipinski definition) is 1. The lowest BCUT2D eigenvalue weighted by Gasteiger charge is -2.43. The molecule has 0 radical (unpaired) electrons. The van der Waals surface area contributed by atoms with E-state index >= 15 is 0 Å². The van der Waals surface area contributed by atoms with Crippen molar-refractivity contribution >= 4 is 22.7 Å². The fraction of sp³-hybridized carbons (Fsp3) is 0.457. The summed E-state index contributed by atoms with van der Waals surface area (Å²) in [6.45, 7) is 13.2. The maximum Gasteiger partial charge on any atom is 0.162 e. The number of hydrogen-bond acceptors (Lipinski definition) is 7. The number of likely N-dealkylation sites (tertiary alicyclic amines) is 1. The van der Waals surface area contributed by atoms with Crippen molar-refractivity contribution in [2.75, 3.05) is 37.6 Å². The highest BCUT2D eigenvalue weighted by Crippen LogP contribution is 2.39. The predicted octanol–water partition coefficient (Wildman–Crippen LogP) is 6.38. The summed E-state index contributed by atoms with van der Waals surface area (Å²) >= 11 is 1.81. The molecule has 0 amide bonds. The van der Waals surface area contributed by atoms with E-state index in [1.807, 2.05) is 6.92 Å². The van der Waals surface area contributed by atoms with Crippen molar-refractivity contribution in [3.63, 3.8) is 0 Å². The molecule has 2 fully saturated rings. The zero-order valence-electron chi connectivity index (χ0n) is 25.8. The first-order valence-corrected chi connectivity index (χ1v) is 16.6. The van der Waals surface area contributed by atoms with Crippen LogP contribution in [0, 0.1) is 20.8 Å². The number of nitrogens with zero attached hydrogens (tertiary/aromatic N) is 6. The molecule has 0 unspecified atom stereocenters. The lowest BCUT2D eigenvalue weighted by molar-refractivity contribution is -0.0213. The van der Waals surface area contributed by atoms with Gasteiger partial charge < -0.3 is 14.9 Å². The third-order valence-electron chi connectivity index (χ3n) is 9.93. The molecule has 0 aliphatic carbocycles. The molecular formula is C35H42N6OS. The summed E-state index contributed by atoms with van der Waals surface area (Å²) in [6.07, 6.45) is 3.91. The monoisotopic (exact) mass is 594 g/mol. The molecule has 3 aliphatic rings. The van der Waals surface area contributed by atoms with E-state index in [9.17, 15) is 5.11 Å². The van der Waals surface area contributed by atoms with Gasteiger partial charge in [-0.25, -0.2) is 0 Å². The number of fused-ring (bicyclic) bond motifs is 3. The van der Waals surface area contributed by atoms with Gasteiger partial charge >= 0.3 is 0 Å². The van der Waals surface area contributed by atoms with Crippen molar-refractivity contribution in [3.8, 4) is 5.00 Å². The van der Waals surface area contributed by atoms with Gasteiger partial charge in [-0.3, -0.25) is 9.56 Å². The largest absolute Gasteiger partial charge is 0.388 e. The van der Waals surface area contributed by atoms with Crippen molar-refractivity contribution < 1.29 is 5.11 Å². The highest BCUT2D eigenvalue weighted by atomic mass is 32.1. The SMILES string of the molecule is Cc1sc2c(c1C)C(c1ccc(C3CCN(CC4(O)CCN(c5ccccc5)CC4)CC3)cc1)=N[C@@H](C)c1nnc(C)n1-2. The molecule has 8 heteroatoms. The van der Waals surface area contributed by atoms with Gasteiger partial charge in [0.05, 0.1) is 11.3 Å². The van der Waals surface area contributed by atoms with Gasteiger partial charge in [0.15, 0.2) is 5.82 Å². The lowest BCUT2D eigenvalue weighted by atomic mass is 9.86. The van der Waals surface area contributed by atoms with Gasteiger partial charge in [-0.1, -0.05) is 42.5 Å². The number of β-amino-alcohol motifs (C(OH)–C–C–N with tert-alkyl or cyclic N) is 1. The number of anilines is 1. The third kappa shape index (κ3) is 5.34. The van der Waals surface area contributed by atoms with Crippen LogP contribution in [0.1, 0.15) is 83.3 Å². The molecule has 1 atom stereocenters. The van der Waals surface area contributed by atoms with Crippen LogP contribution in [0.15, 0.2) is 59.6 Å². The Kier molecular flexibility index (Phi) is 7.48. The number of aryl methyl sites for hydroxylation is 2. The molecule has 2 saturated heterocycles. The summed E-state index contributed by atoms with van der Waals surface area (Å²) in [5, 5.41) is 21.5. The first-order valence-electron chi connectivity index (χ1n) is 15.8. The number of para-hydroxylation sites is 1. The topological polar surface area (TPSA) is 69.8 Å². The van der Waals surface area contributed by atoms with E-state index in [1.54, 1.807) is 11.3 Å². The molecule has 7 rings (SSSR count). The van der Waals surface area contributed by atoms with Gasteiger partial charge in [-0.15, -0.1) is 21.5 Å². The summed E-state index contributed by atoms with van der Waals surface area (Å²) in [5.41, 5.74) is 6.81. The molecule has 2 aromatic carbocycles. The van der Waals surface area contributed by atoms with Crippen LogP contribution >= 0.6 is 11.3 Å². The van der Waals surface area contributed by atoms with Gasteiger partial charge in [0.2, 0.25) is 0 Å². The first-order chi connectivity index (χ1) is 20.8. The Bertz CT molecular complexity index is 1620. The number of rotatable bonds is 5.